The number of unbranched alkanes of at least 4 members (excludes halogenated alkanes) is 1. The maximum absolute atomic E-state index is 13.0. The number of nitrogens with zero attached hydrogens (tertiary/aromatic N) is 1. The predicted octanol–water partition coefficient (Wildman–Crippen LogP) is 5.04. The highest BCUT2D eigenvalue weighted by atomic mass is 16.6. The van der Waals surface area contributed by atoms with Gasteiger partial charge in [-0.05, 0) is 44.9 Å². The lowest BCUT2D eigenvalue weighted by Gasteiger charge is -2.29. The van der Waals surface area contributed by atoms with E-state index in [0.29, 0.717) is 13.1 Å². The van der Waals surface area contributed by atoms with Gasteiger partial charge >= 0.3 is 5.97 Å². The molecule has 1 N–H and O–H groups in total. The lowest BCUT2D eigenvalue weighted by molar-refractivity contribution is -0.160. The van der Waals surface area contributed by atoms with Gasteiger partial charge in [-0.3, -0.25) is 9.69 Å². The summed E-state index contributed by atoms with van der Waals surface area (Å²) < 4.78 is 5.75. The van der Waals surface area contributed by atoms with Crippen LogP contribution in [0.1, 0.15) is 51.7 Å². The number of esters is 1. The SMILES string of the molecule is CCCCNCC(CN(Cc1ccccc1)Cc1ccccc1)C(=O)OC(C)(C)C. The van der Waals surface area contributed by atoms with Crippen LogP contribution in [0.15, 0.2) is 60.7 Å². The summed E-state index contributed by atoms with van der Waals surface area (Å²) in [7, 11) is 0. The van der Waals surface area contributed by atoms with Crippen molar-refractivity contribution in [2.75, 3.05) is 19.6 Å². The largest absolute Gasteiger partial charge is 0.460 e. The van der Waals surface area contributed by atoms with E-state index in [1.807, 2.05) is 32.9 Å². The fourth-order valence-corrected chi connectivity index (χ4v) is 3.37. The van der Waals surface area contributed by atoms with Gasteiger partial charge in [0, 0.05) is 26.2 Å². The van der Waals surface area contributed by atoms with Crippen molar-refractivity contribution in [2.24, 2.45) is 5.92 Å². The average Bonchev–Trinajstić information content (AvgIpc) is 2.70. The molecular formula is C26H38N2O2. The topological polar surface area (TPSA) is 41.6 Å². The highest BCUT2D eigenvalue weighted by Gasteiger charge is 2.27. The Hall–Kier alpha value is -2.17. The summed E-state index contributed by atoms with van der Waals surface area (Å²) in [6.45, 7) is 11.8. The minimum absolute atomic E-state index is 0.127. The standard InChI is InChI=1S/C26H38N2O2/c1-5-6-17-27-18-24(25(29)30-26(2,3)4)21-28(19-22-13-9-7-10-14-22)20-23-15-11-8-12-16-23/h7-16,24,27H,5-6,17-21H2,1-4H3. The number of carbonyl (C=O) groups excluding carboxylic acids is 1. The van der Waals surface area contributed by atoms with Gasteiger partial charge in [0.2, 0.25) is 0 Å². The average molecular weight is 411 g/mol. The molecule has 4 heteroatoms. The molecular weight excluding hydrogens is 372 g/mol. The molecule has 164 valence electrons. The van der Waals surface area contributed by atoms with Gasteiger partial charge in [-0.15, -0.1) is 0 Å². The summed E-state index contributed by atoms with van der Waals surface area (Å²) in [6, 6.07) is 20.9. The van der Waals surface area contributed by atoms with Crippen LogP contribution in [0.25, 0.3) is 0 Å². The zero-order valence-electron chi connectivity index (χ0n) is 19.1. The molecule has 1 unspecified atom stereocenters. The Morgan fingerprint density at radius 3 is 1.97 bits per heavy atom. The number of nitrogens with one attached hydrogen (secondary N) is 1. The summed E-state index contributed by atoms with van der Waals surface area (Å²) >= 11 is 0. The van der Waals surface area contributed by atoms with Gasteiger partial charge < -0.3 is 10.1 Å². The molecule has 0 aliphatic heterocycles. The van der Waals surface area contributed by atoms with Crippen LogP contribution in [0.4, 0.5) is 0 Å². The van der Waals surface area contributed by atoms with Gasteiger partial charge in [-0.1, -0.05) is 74.0 Å². The molecule has 0 saturated carbocycles. The van der Waals surface area contributed by atoms with Crippen LogP contribution in [0.3, 0.4) is 0 Å². The first-order valence-electron chi connectivity index (χ1n) is 11.1. The van der Waals surface area contributed by atoms with Crippen LogP contribution in [0, 0.1) is 5.92 Å². The van der Waals surface area contributed by atoms with Crippen LogP contribution < -0.4 is 5.32 Å². The molecule has 2 aromatic rings. The molecule has 2 aromatic carbocycles. The summed E-state index contributed by atoms with van der Waals surface area (Å²) in [5, 5.41) is 3.46. The van der Waals surface area contributed by atoms with E-state index in [-0.39, 0.29) is 11.9 Å². The van der Waals surface area contributed by atoms with Crippen molar-refractivity contribution in [3.05, 3.63) is 71.8 Å². The molecule has 0 aliphatic carbocycles. The minimum atomic E-state index is -0.484. The Balaban J connectivity index is 2.14. The lowest BCUT2D eigenvalue weighted by atomic mass is 10.1. The van der Waals surface area contributed by atoms with E-state index in [1.165, 1.54) is 11.1 Å². The molecule has 0 saturated heterocycles. The molecule has 0 fully saturated rings. The number of hydrogen-bond donors (Lipinski definition) is 1. The Morgan fingerprint density at radius 1 is 0.967 bits per heavy atom. The smallest absolute Gasteiger partial charge is 0.312 e. The maximum Gasteiger partial charge on any atom is 0.312 e. The third-order valence-electron chi connectivity index (χ3n) is 4.81. The predicted molar refractivity (Wildman–Crippen MR) is 124 cm³/mol. The molecule has 0 spiro atoms. The molecule has 0 aromatic heterocycles. The maximum atomic E-state index is 13.0. The van der Waals surface area contributed by atoms with Gasteiger partial charge in [-0.25, -0.2) is 0 Å². The van der Waals surface area contributed by atoms with Crippen molar-refractivity contribution in [1.29, 1.82) is 0 Å². The second-order valence-electron chi connectivity index (χ2n) is 8.93. The van der Waals surface area contributed by atoms with E-state index in [9.17, 15) is 4.79 Å². The van der Waals surface area contributed by atoms with Crippen LogP contribution in [-0.4, -0.2) is 36.1 Å². The number of hydrogen-bond acceptors (Lipinski definition) is 4. The third kappa shape index (κ3) is 9.55. The van der Waals surface area contributed by atoms with Gasteiger partial charge in [0.15, 0.2) is 0 Å². The fourth-order valence-electron chi connectivity index (χ4n) is 3.37. The fraction of sp³-hybridized carbons (Fsp3) is 0.500. The van der Waals surface area contributed by atoms with E-state index in [2.05, 4.69) is 65.7 Å². The summed E-state index contributed by atoms with van der Waals surface area (Å²) in [5.74, 6) is -0.342. The van der Waals surface area contributed by atoms with E-state index < -0.39 is 5.60 Å². The van der Waals surface area contributed by atoms with E-state index in [4.69, 9.17) is 4.74 Å². The Labute approximate surface area is 182 Å². The Morgan fingerprint density at radius 2 is 1.50 bits per heavy atom. The van der Waals surface area contributed by atoms with Crippen molar-refractivity contribution >= 4 is 5.97 Å². The second kappa shape index (κ2) is 12.5. The van der Waals surface area contributed by atoms with Crippen molar-refractivity contribution in [3.63, 3.8) is 0 Å². The van der Waals surface area contributed by atoms with Crippen molar-refractivity contribution in [3.8, 4) is 0 Å². The number of carbonyl (C=O) groups is 1. The summed E-state index contributed by atoms with van der Waals surface area (Å²) in [6.07, 6.45) is 2.25. The zero-order chi connectivity index (χ0) is 21.8. The molecule has 30 heavy (non-hydrogen) atoms. The van der Waals surface area contributed by atoms with Crippen LogP contribution in [0.5, 0.6) is 0 Å². The first kappa shape index (κ1) is 24.1. The highest BCUT2D eigenvalue weighted by molar-refractivity contribution is 5.73. The molecule has 0 bridgehead atoms. The quantitative estimate of drug-likeness (QED) is 0.393. The normalized spacial score (nSPS) is 12.7. The van der Waals surface area contributed by atoms with Gasteiger partial charge in [0.25, 0.3) is 0 Å². The van der Waals surface area contributed by atoms with E-state index in [1.54, 1.807) is 0 Å². The molecule has 0 radical (unpaired) electrons. The summed E-state index contributed by atoms with van der Waals surface area (Å²) in [5.41, 5.74) is 2.01. The van der Waals surface area contributed by atoms with Crippen LogP contribution in [0.2, 0.25) is 0 Å². The van der Waals surface area contributed by atoms with Gasteiger partial charge in [0.1, 0.15) is 5.60 Å². The lowest BCUT2D eigenvalue weighted by Crippen LogP contribution is -2.41. The van der Waals surface area contributed by atoms with Crippen molar-refractivity contribution in [2.45, 2.75) is 59.2 Å². The highest BCUT2D eigenvalue weighted by Crippen LogP contribution is 2.16. The second-order valence-corrected chi connectivity index (χ2v) is 8.93. The molecule has 1 atom stereocenters. The number of ether oxygens (including phenoxy) is 1. The number of benzene rings is 2. The van der Waals surface area contributed by atoms with Gasteiger partial charge in [-0.2, -0.15) is 0 Å². The zero-order valence-corrected chi connectivity index (χ0v) is 19.1. The molecule has 0 aliphatic rings. The number of rotatable bonds is 12. The van der Waals surface area contributed by atoms with Crippen LogP contribution >= 0.6 is 0 Å². The van der Waals surface area contributed by atoms with Crippen molar-refractivity contribution < 1.29 is 9.53 Å². The minimum Gasteiger partial charge on any atom is -0.460 e. The monoisotopic (exact) mass is 410 g/mol. The van der Waals surface area contributed by atoms with Gasteiger partial charge in [0.05, 0.1) is 5.92 Å². The molecule has 4 nitrogen and oxygen atoms in total. The molecule has 0 amide bonds. The molecule has 0 heterocycles. The van der Waals surface area contributed by atoms with Crippen molar-refractivity contribution in [1.82, 2.24) is 10.2 Å². The molecule has 2 rings (SSSR count). The first-order valence-corrected chi connectivity index (χ1v) is 11.1. The van der Waals surface area contributed by atoms with Crippen LogP contribution in [-0.2, 0) is 22.6 Å². The van der Waals surface area contributed by atoms with E-state index in [0.717, 1.165) is 32.5 Å². The summed E-state index contributed by atoms with van der Waals surface area (Å²) in [4.78, 5) is 15.3. The first-order chi connectivity index (χ1) is 14.4. The van der Waals surface area contributed by atoms with E-state index >= 15 is 0 Å². The Bertz CT molecular complexity index is 684. The Kier molecular flexibility index (Phi) is 10.0. The third-order valence-corrected chi connectivity index (χ3v) is 4.81.